The molecule has 0 aromatic heterocycles. The van der Waals surface area contributed by atoms with Crippen molar-refractivity contribution in [3.63, 3.8) is 0 Å². The molecule has 0 atom stereocenters. The van der Waals surface area contributed by atoms with E-state index in [0.29, 0.717) is 0 Å². The van der Waals surface area contributed by atoms with Crippen molar-refractivity contribution in [1.82, 2.24) is 4.90 Å². The fraction of sp³-hybridized carbons (Fsp3) is 0.300. The van der Waals surface area contributed by atoms with Gasteiger partial charge in [-0.15, -0.1) is 0 Å². The summed E-state index contributed by atoms with van der Waals surface area (Å²) in [4.78, 5) is 12.9. The molecule has 16 heavy (non-hydrogen) atoms. The van der Waals surface area contributed by atoms with Crippen molar-refractivity contribution in [3.05, 3.63) is 17.7 Å². The summed E-state index contributed by atoms with van der Waals surface area (Å²) in [5.74, 6) is -2.28. The van der Waals surface area contributed by atoms with Gasteiger partial charge in [0.25, 0.3) is 5.91 Å². The molecule has 1 rings (SSSR count). The van der Waals surface area contributed by atoms with E-state index in [1.807, 2.05) is 0 Å². The van der Waals surface area contributed by atoms with E-state index in [1.165, 1.54) is 11.9 Å². The maximum absolute atomic E-state index is 11.7. The monoisotopic (exact) mass is 227 g/mol. The number of likely N-dealkylation sites (N-methyl/N-ethyl adjacent to an activating group) is 1. The van der Waals surface area contributed by atoms with Crippen LogP contribution in [0.4, 0.5) is 0 Å². The first-order chi connectivity index (χ1) is 7.47. The van der Waals surface area contributed by atoms with Crippen LogP contribution in [0.3, 0.4) is 0 Å². The zero-order chi connectivity index (χ0) is 12.3. The van der Waals surface area contributed by atoms with E-state index in [1.54, 1.807) is 0 Å². The second-order valence-electron chi connectivity index (χ2n) is 3.31. The van der Waals surface area contributed by atoms with Crippen LogP contribution in [0.5, 0.6) is 17.2 Å². The zero-order valence-corrected chi connectivity index (χ0v) is 8.71. The highest BCUT2D eigenvalue weighted by Gasteiger charge is 2.16. The second kappa shape index (κ2) is 4.71. The first kappa shape index (κ1) is 12.1. The van der Waals surface area contributed by atoms with Crippen LogP contribution in [0.1, 0.15) is 10.4 Å². The third-order valence-corrected chi connectivity index (χ3v) is 2.10. The molecule has 0 aliphatic rings. The summed E-state index contributed by atoms with van der Waals surface area (Å²) in [6.07, 6.45) is 0. The van der Waals surface area contributed by atoms with Crippen LogP contribution in [0.15, 0.2) is 12.1 Å². The molecule has 1 aromatic carbocycles. The number of phenolic OH excluding ortho intramolecular Hbond substituents is 3. The van der Waals surface area contributed by atoms with E-state index in [4.69, 9.17) is 10.2 Å². The Bertz CT molecular complexity index is 381. The number of aliphatic hydroxyl groups is 1. The molecule has 1 aromatic rings. The Hall–Kier alpha value is -1.95. The minimum Gasteiger partial charge on any atom is -0.504 e. The van der Waals surface area contributed by atoms with Crippen molar-refractivity contribution in [3.8, 4) is 17.2 Å². The molecule has 0 unspecified atom stereocenters. The van der Waals surface area contributed by atoms with Gasteiger partial charge in [0.05, 0.1) is 6.61 Å². The van der Waals surface area contributed by atoms with E-state index in [-0.39, 0.29) is 18.7 Å². The number of benzene rings is 1. The molecule has 0 aliphatic carbocycles. The third kappa shape index (κ3) is 2.34. The molecular formula is C10H13NO5. The number of hydrogen-bond donors (Lipinski definition) is 4. The summed E-state index contributed by atoms with van der Waals surface area (Å²) in [5, 5.41) is 36.2. The number of amides is 1. The molecule has 0 spiro atoms. The van der Waals surface area contributed by atoms with Gasteiger partial charge in [0.15, 0.2) is 17.2 Å². The Morgan fingerprint density at radius 2 is 1.75 bits per heavy atom. The van der Waals surface area contributed by atoms with Crippen molar-refractivity contribution >= 4 is 5.91 Å². The first-order valence-electron chi connectivity index (χ1n) is 4.58. The standard InChI is InChI=1S/C10H13NO5/c1-11(2-3-12)10(16)6-4-7(13)9(15)8(14)5-6/h4-5,12-15H,2-3H2,1H3. The molecule has 0 saturated heterocycles. The normalized spacial score (nSPS) is 10.1. The van der Waals surface area contributed by atoms with Crippen molar-refractivity contribution in [2.24, 2.45) is 0 Å². The van der Waals surface area contributed by atoms with Gasteiger partial charge in [0.1, 0.15) is 0 Å². The van der Waals surface area contributed by atoms with E-state index in [0.717, 1.165) is 12.1 Å². The first-order valence-corrected chi connectivity index (χ1v) is 4.58. The molecule has 6 nitrogen and oxygen atoms in total. The lowest BCUT2D eigenvalue weighted by molar-refractivity contribution is 0.0766. The number of aliphatic hydroxyl groups excluding tert-OH is 1. The number of phenols is 3. The average molecular weight is 227 g/mol. The van der Waals surface area contributed by atoms with Gasteiger partial charge < -0.3 is 25.3 Å². The quantitative estimate of drug-likeness (QED) is 0.539. The van der Waals surface area contributed by atoms with Gasteiger partial charge in [-0.05, 0) is 12.1 Å². The lowest BCUT2D eigenvalue weighted by Crippen LogP contribution is -2.29. The highest BCUT2D eigenvalue weighted by molar-refractivity contribution is 5.95. The highest BCUT2D eigenvalue weighted by atomic mass is 16.3. The summed E-state index contributed by atoms with van der Waals surface area (Å²) in [5.41, 5.74) is 0.0313. The van der Waals surface area contributed by atoms with E-state index in [9.17, 15) is 15.0 Å². The van der Waals surface area contributed by atoms with Gasteiger partial charge in [-0.3, -0.25) is 4.79 Å². The molecule has 1 amide bonds. The number of carbonyl (C=O) groups is 1. The smallest absolute Gasteiger partial charge is 0.253 e. The Balaban J connectivity index is 3.01. The van der Waals surface area contributed by atoms with E-state index in [2.05, 4.69) is 0 Å². The predicted molar refractivity (Wildman–Crippen MR) is 55.5 cm³/mol. The van der Waals surface area contributed by atoms with E-state index < -0.39 is 23.2 Å². The fourth-order valence-electron chi connectivity index (χ4n) is 1.20. The van der Waals surface area contributed by atoms with Gasteiger partial charge in [-0.25, -0.2) is 0 Å². The van der Waals surface area contributed by atoms with Crippen molar-refractivity contribution < 1.29 is 25.2 Å². The summed E-state index contributed by atoms with van der Waals surface area (Å²) < 4.78 is 0. The topological polar surface area (TPSA) is 101 Å². The lowest BCUT2D eigenvalue weighted by Gasteiger charge is -2.16. The molecular weight excluding hydrogens is 214 g/mol. The third-order valence-electron chi connectivity index (χ3n) is 2.10. The van der Waals surface area contributed by atoms with Crippen molar-refractivity contribution in [1.29, 1.82) is 0 Å². The summed E-state index contributed by atoms with van der Waals surface area (Å²) in [6, 6.07) is 2.09. The van der Waals surface area contributed by atoms with Gasteiger partial charge >= 0.3 is 0 Å². The van der Waals surface area contributed by atoms with Crippen LogP contribution >= 0.6 is 0 Å². The van der Waals surface area contributed by atoms with Gasteiger partial charge in [-0.1, -0.05) is 0 Å². The summed E-state index contributed by atoms with van der Waals surface area (Å²) >= 11 is 0. The Labute approximate surface area is 92.0 Å². The van der Waals surface area contributed by atoms with Crippen LogP contribution in [-0.2, 0) is 0 Å². The Morgan fingerprint density at radius 3 is 2.19 bits per heavy atom. The largest absolute Gasteiger partial charge is 0.504 e. The van der Waals surface area contributed by atoms with Crippen LogP contribution in [-0.4, -0.2) is 51.4 Å². The molecule has 0 saturated carbocycles. The fourth-order valence-corrected chi connectivity index (χ4v) is 1.20. The highest BCUT2D eigenvalue weighted by Crippen LogP contribution is 2.35. The Kier molecular flexibility index (Phi) is 3.57. The predicted octanol–water partition coefficient (Wildman–Crippen LogP) is -0.132. The SMILES string of the molecule is CN(CCO)C(=O)c1cc(O)c(O)c(O)c1. The van der Waals surface area contributed by atoms with Crippen LogP contribution < -0.4 is 0 Å². The molecule has 0 radical (unpaired) electrons. The molecule has 88 valence electrons. The molecule has 6 heteroatoms. The average Bonchev–Trinajstić information content (AvgIpc) is 2.24. The summed E-state index contributed by atoms with van der Waals surface area (Å²) in [6.45, 7) is -0.0421. The van der Waals surface area contributed by atoms with Crippen LogP contribution in [0.25, 0.3) is 0 Å². The van der Waals surface area contributed by atoms with E-state index >= 15 is 0 Å². The number of hydrogen-bond acceptors (Lipinski definition) is 5. The van der Waals surface area contributed by atoms with Crippen molar-refractivity contribution in [2.45, 2.75) is 0 Å². The van der Waals surface area contributed by atoms with Gasteiger partial charge in [-0.2, -0.15) is 0 Å². The molecule has 0 aliphatic heterocycles. The maximum Gasteiger partial charge on any atom is 0.253 e. The lowest BCUT2D eigenvalue weighted by atomic mass is 10.1. The number of carbonyl (C=O) groups excluding carboxylic acids is 1. The Morgan fingerprint density at radius 1 is 1.25 bits per heavy atom. The van der Waals surface area contributed by atoms with Crippen LogP contribution in [0, 0.1) is 0 Å². The van der Waals surface area contributed by atoms with Crippen LogP contribution in [0.2, 0.25) is 0 Å². The molecule has 0 bridgehead atoms. The minimum atomic E-state index is -0.665. The molecule has 0 heterocycles. The molecule has 0 fully saturated rings. The van der Waals surface area contributed by atoms with Gasteiger partial charge in [0, 0.05) is 19.2 Å². The zero-order valence-electron chi connectivity index (χ0n) is 8.71. The maximum atomic E-state index is 11.7. The van der Waals surface area contributed by atoms with Gasteiger partial charge in [0.2, 0.25) is 0 Å². The number of rotatable bonds is 3. The second-order valence-corrected chi connectivity index (χ2v) is 3.31. The minimum absolute atomic E-state index is 0.0313. The van der Waals surface area contributed by atoms with Crippen molar-refractivity contribution in [2.75, 3.05) is 20.2 Å². The molecule has 4 N–H and O–H groups in total. The number of nitrogens with zero attached hydrogens (tertiary/aromatic N) is 1. The summed E-state index contributed by atoms with van der Waals surface area (Å²) in [7, 11) is 1.47. The number of aromatic hydroxyl groups is 3.